The molecule has 0 bridgehead atoms. The molecule has 0 radical (unpaired) electrons. The Morgan fingerprint density at radius 1 is 1.53 bits per heavy atom. The summed E-state index contributed by atoms with van der Waals surface area (Å²) >= 11 is 5.94. The Kier molecular flexibility index (Phi) is 7.54. The van der Waals surface area contributed by atoms with Gasteiger partial charge in [0.25, 0.3) is 0 Å². The topological polar surface area (TPSA) is 64.3 Å². The van der Waals surface area contributed by atoms with Crippen LogP contribution in [0.15, 0.2) is 24.3 Å². The molecule has 4 nitrogen and oxygen atoms in total. The van der Waals surface area contributed by atoms with Gasteiger partial charge in [-0.2, -0.15) is 0 Å². The number of nitrogens with one attached hydrogen (secondary N) is 1. The van der Waals surface area contributed by atoms with Gasteiger partial charge >= 0.3 is 0 Å². The van der Waals surface area contributed by atoms with Crippen molar-refractivity contribution in [2.24, 2.45) is 5.73 Å². The minimum Gasteiger partial charge on any atom is -0.383 e. The number of hydrogen-bond acceptors (Lipinski definition) is 3. The van der Waals surface area contributed by atoms with Crippen LogP contribution in [-0.4, -0.2) is 26.2 Å². The monoisotopic (exact) mass is 258 g/mol. The molecule has 3 N–H and O–H groups in total. The van der Waals surface area contributed by atoms with Crippen molar-refractivity contribution in [1.82, 2.24) is 5.32 Å². The van der Waals surface area contributed by atoms with E-state index < -0.39 is 6.04 Å². The van der Waals surface area contributed by atoms with Gasteiger partial charge in [-0.3, -0.25) is 4.79 Å². The van der Waals surface area contributed by atoms with E-state index in [2.05, 4.69) is 5.32 Å². The molecule has 0 aliphatic heterocycles. The zero-order valence-electron chi connectivity index (χ0n) is 9.07. The summed E-state index contributed by atoms with van der Waals surface area (Å²) in [5.41, 5.74) is 6.41. The zero-order chi connectivity index (χ0) is 12.0. The number of benzene rings is 1. The molecule has 17 heavy (non-hydrogen) atoms. The summed E-state index contributed by atoms with van der Waals surface area (Å²) in [5, 5.41) is 3.16. The molecule has 96 valence electrons. The van der Waals surface area contributed by atoms with Crippen LogP contribution in [0, 0.1) is 0 Å². The average Bonchev–Trinajstić information content (AvgIpc) is 2.29. The van der Waals surface area contributed by atoms with E-state index in [1.54, 1.807) is 31.4 Å². The van der Waals surface area contributed by atoms with Crippen molar-refractivity contribution in [3.8, 4) is 0 Å². The third-order valence-electron chi connectivity index (χ3n) is 2.13. The Labute approximate surface area is 107 Å². The highest BCUT2D eigenvalue weighted by atomic mass is 35.5. The van der Waals surface area contributed by atoms with E-state index in [0.29, 0.717) is 23.7 Å². The van der Waals surface area contributed by atoms with E-state index >= 15 is 0 Å². The van der Waals surface area contributed by atoms with E-state index in [9.17, 15) is 4.79 Å². The second kappa shape index (κ2) is 8.06. The van der Waals surface area contributed by atoms with Gasteiger partial charge in [-0.1, -0.05) is 37.2 Å². The molecule has 1 unspecified atom stereocenters. The molecule has 0 fully saturated rings. The van der Waals surface area contributed by atoms with Gasteiger partial charge in [0.15, 0.2) is 0 Å². The highest BCUT2D eigenvalue weighted by molar-refractivity contribution is 6.31. The third-order valence-corrected chi connectivity index (χ3v) is 2.47. The van der Waals surface area contributed by atoms with Crippen LogP contribution in [0.25, 0.3) is 0 Å². The molecular weight excluding hydrogens is 240 g/mol. The minimum absolute atomic E-state index is 0. The lowest BCUT2D eigenvalue weighted by molar-refractivity contribution is -0.122. The molecule has 5 heteroatoms. The van der Waals surface area contributed by atoms with Crippen LogP contribution < -0.4 is 11.1 Å². The summed E-state index contributed by atoms with van der Waals surface area (Å²) in [6, 6.07) is 6.29. The zero-order valence-corrected chi connectivity index (χ0v) is 9.83. The molecule has 1 aromatic rings. The fraction of sp³-hybridized carbons (Fsp3) is 0.417. The van der Waals surface area contributed by atoms with Gasteiger partial charge in [-0.25, -0.2) is 0 Å². The van der Waals surface area contributed by atoms with Crippen molar-refractivity contribution >= 4 is 17.5 Å². The normalized spacial score (nSPS) is 11.5. The summed E-state index contributed by atoms with van der Waals surface area (Å²) in [4.78, 5) is 11.6. The Bertz CT molecular complexity index is 358. The Morgan fingerprint density at radius 3 is 2.76 bits per heavy atom. The van der Waals surface area contributed by atoms with Crippen molar-refractivity contribution in [1.29, 1.82) is 0 Å². The van der Waals surface area contributed by atoms with Crippen LogP contribution in [0.2, 0.25) is 5.02 Å². The highest BCUT2D eigenvalue weighted by Crippen LogP contribution is 2.20. The summed E-state index contributed by atoms with van der Waals surface area (Å²) in [6.45, 7) is 0.897. The smallest absolute Gasteiger partial charge is 0.241 e. The number of rotatable bonds is 5. The quantitative estimate of drug-likeness (QED) is 0.791. The SMILES string of the molecule is C.COCCNC(=O)C(N)c1ccccc1Cl. The standard InChI is InChI=1S/C11H15ClN2O2.CH4/c1-16-7-6-14-11(15)10(13)8-4-2-3-5-9(8)12;/h2-5,10H,6-7,13H2,1H3,(H,14,15);1H4. The van der Waals surface area contributed by atoms with Crippen LogP contribution in [0.5, 0.6) is 0 Å². The molecule has 0 aromatic heterocycles. The molecule has 0 spiro atoms. The van der Waals surface area contributed by atoms with Crippen LogP contribution in [-0.2, 0) is 9.53 Å². The lowest BCUT2D eigenvalue weighted by atomic mass is 10.1. The highest BCUT2D eigenvalue weighted by Gasteiger charge is 2.17. The van der Waals surface area contributed by atoms with Gasteiger partial charge in [-0.05, 0) is 11.6 Å². The maximum absolute atomic E-state index is 11.6. The van der Waals surface area contributed by atoms with Crippen molar-refractivity contribution in [2.75, 3.05) is 20.3 Å². The molecule has 0 saturated carbocycles. The van der Waals surface area contributed by atoms with Crippen molar-refractivity contribution in [2.45, 2.75) is 13.5 Å². The van der Waals surface area contributed by atoms with Crippen molar-refractivity contribution < 1.29 is 9.53 Å². The first-order valence-electron chi connectivity index (χ1n) is 4.93. The molecule has 1 rings (SSSR count). The van der Waals surface area contributed by atoms with E-state index in [4.69, 9.17) is 22.1 Å². The predicted molar refractivity (Wildman–Crippen MR) is 70.0 cm³/mol. The fourth-order valence-electron chi connectivity index (χ4n) is 1.25. The van der Waals surface area contributed by atoms with E-state index in [1.807, 2.05) is 0 Å². The second-order valence-electron chi connectivity index (χ2n) is 3.28. The van der Waals surface area contributed by atoms with Gasteiger partial charge in [0.05, 0.1) is 6.61 Å². The van der Waals surface area contributed by atoms with Crippen LogP contribution in [0.1, 0.15) is 19.0 Å². The average molecular weight is 259 g/mol. The van der Waals surface area contributed by atoms with Crippen LogP contribution in [0.3, 0.4) is 0 Å². The lowest BCUT2D eigenvalue weighted by Gasteiger charge is -2.13. The number of ether oxygens (including phenoxy) is 1. The first-order valence-corrected chi connectivity index (χ1v) is 5.31. The number of carbonyl (C=O) groups is 1. The van der Waals surface area contributed by atoms with Gasteiger partial charge < -0.3 is 15.8 Å². The van der Waals surface area contributed by atoms with E-state index in [0.717, 1.165) is 0 Å². The van der Waals surface area contributed by atoms with Crippen LogP contribution >= 0.6 is 11.6 Å². The number of carbonyl (C=O) groups excluding carboxylic acids is 1. The number of methoxy groups -OCH3 is 1. The van der Waals surface area contributed by atoms with E-state index in [1.165, 1.54) is 0 Å². The number of hydrogen-bond donors (Lipinski definition) is 2. The Balaban J connectivity index is 0.00000256. The molecule has 0 aliphatic carbocycles. The predicted octanol–water partition coefficient (Wildman–Crippen LogP) is 1.74. The number of amides is 1. The summed E-state index contributed by atoms with van der Waals surface area (Å²) < 4.78 is 4.82. The van der Waals surface area contributed by atoms with Gasteiger partial charge in [0.1, 0.15) is 6.04 Å². The third kappa shape index (κ3) is 4.73. The minimum atomic E-state index is -0.745. The summed E-state index contributed by atoms with van der Waals surface area (Å²) in [6.07, 6.45) is 0. The number of halogens is 1. The Hall–Kier alpha value is -1.10. The molecule has 0 aliphatic rings. The summed E-state index contributed by atoms with van der Waals surface area (Å²) in [7, 11) is 1.57. The molecule has 1 atom stereocenters. The molecule has 1 amide bonds. The van der Waals surface area contributed by atoms with E-state index in [-0.39, 0.29) is 13.3 Å². The molecule has 0 heterocycles. The van der Waals surface area contributed by atoms with Crippen LogP contribution in [0.4, 0.5) is 0 Å². The largest absolute Gasteiger partial charge is 0.383 e. The van der Waals surface area contributed by atoms with Crippen molar-refractivity contribution in [3.05, 3.63) is 34.9 Å². The molecular formula is C12H19ClN2O2. The molecule has 1 aromatic carbocycles. The second-order valence-corrected chi connectivity index (χ2v) is 3.69. The first-order chi connectivity index (χ1) is 7.66. The van der Waals surface area contributed by atoms with Crippen molar-refractivity contribution in [3.63, 3.8) is 0 Å². The maximum Gasteiger partial charge on any atom is 0.241 e. The first kappa shape index (κ1) is 15.9. The lowest BCUT2D eigenvalue weighted by Crippen LogP contribution is -2.36. The number of nitrogens with two attached hydrogens (primary N) is 1. The van der Waals surface area contributed by atoms with Gasteiger partial charge in [-0.15, -0.1) is 0 Å². The molecule has 0 saturated heterocycles. The van der Waals surface area contributed by atoms with Gasteiger partial charge in [0, 0.05) is 18.7 Å². The maximum atomic E-state index is 11.6. The van der Waals surface area contributed by atoms with Gasteiger partial charge in [0.2, 0.25) is 5.91 Å². The fourth-order valence-corrected chi connectivity index (χ4v) is 1.51. The Morgan fingerprint density at radius 2 is 2.18 bits per heavy atom. The summed E-state index contributed by atoms with van der Waals surface area (Å²) in [5.74, 6) is -0.259.